The molecular formula is C22H34FIN6O. The molecule has 1 aliphatic heterocycles. The van der Waals surface area contributed by atoms with E-state index in [4.69, 9.17) is 4.74 Å². The second kappa shape index (κ2) is 13.0. The number of ether oxygens (including phenoxy) is 1. The second-order valence-corrected chi connectivity index (χ2v) is 7.60. The van der Waals surface area contributed by atoms with Gasteiger partial charge in [0.1, 0.15) is 5.82 Å². The van der Waals surface area contributed by atoms with Gasteiger partial charge in [0.05, 0.1) is 24.9 Å². The zero-order valence-electron chi connectivity index (χ0n) is 18.6. The number of hydrogen-bond acceptors (Lipinski definition) is 4. The number of nitrogens with one attached hydrogen (secondary N) is 2. The Morgan fingerprint density at radius 3 is 2.65 bits per heavy atom. The van der Waals surface area contributed by atoms with Crippen LogP contribution in [0.4, 0.5) is 4.39 Å². The minimum absolute atomic E-state index is 0. The predicted octanol–water partition coefficient (Wildman–Crippen LogP) is 2.89. The van der Waals surface area contributed by atoms with Gasteiger partial charge in [-0.2, -0.15) is 5.10 Å². The summed E-state index contributed by atoms with van der Waals surface area (Å²) in [6.45, 7) is 9.44. The lowest BCUT2D eigenvalue weighted by molar-refractivity contribution is 0.0169. The van der Waals surface area contributed by atoms with Crippen LogP contribution in [0.25, 0.3) is 0 Å². The van der Waals surface area contributed by atoms with E-state index in [9.17, 15) is 4.39 Å². The topological polar surface area (TPSA) is 66.7 Å². The predicted molar refractivity (Wildman–Crippen MR) is 133 cm³/mol. The van der Waals surface area contributed by atoms with Crippen molar-refractivity contribution in [3.63, 3.8) is 0 Å². The van der Waals surface area contributed by atoms with E-state index >= 15 is 0 Å². The van der Waals surface area contributed by atoms with Gasteiger partial charge in [0.25, 0.3) is 0 Å². The summed E-state index contributed by atoms with van der Waals surface area (Å²) >= 11 is 0. The third kappa shape index (κ3) is 7.73. The van der Waals surface area contributed by atoms with Crippen molar-refractivity contribution in [3.05, 3.63) is 53.1 Å². The Balaban J connectivity index is 0.00000341. The van der Waals surface area contributed by atoms with Crippen LogP contribution in [0.5, 0.6) is 0 Å². The van der Waals surface area contributed by atoms with Gasteiger partial charge in [0, 0.05) is 45.5 Å². The van der Waals surface area contributed by atoms with Crippen LogP contribution in [0.15, 0.2) is 35.3 Å². The molecule has 1 aliphatic rings. The van der Waals surface area contributed by atoms with E-state index in [0.717, 1.165) is 49.8 Å². The lowest BCUT2D eigenvalue weighted by atomic mass is 10.0. The van der Waals surface area contributed by atoms with Crippen LogP contribution in [-0.4, -0.2) is 67.1 Å². The molecule has 1 saturated heterocycles. The smallest absolute Gasteiger partial charge is 0.191 e. The lowest BCUT2D eigenvalue weighted by Gasteiger charge is -2.35. The summed E-state index contributed by atoms with van der Waals surface area (Å²) in [5, 5.41) is 11.3. The van der Waals surface area contributed by atoms with Crippen molar-refractivity contribution >= 4 is 29.9 Å². The standard InChI is InChI=1S/C22H33FN6O.HI/c1-17-14-18(2)29(27-17)9-5-8-25-22(24-3)26-16-21(28-10-12-30-13-11-28)19-6-4-7-20(23)15-19;/h4,6-7,14-15,21H,5,8-13,16H2,1-3H3,(H2,24,25,26);1H. The van der Waals surface area contributed by atoms with Gasteiger partial charge >= 0.3 is 0 Å². The van der Waals surface area contributed by atoms with Gasteiger partial charge in [-0.3, -0.25) is 14.6 Å². The summed E-state index contributed by atoms with van der Waals surface area (Å²) in [6, 6.07) is 8.99. The van der Waals surface area contributed by atoms with Crippen LogP contribution in [0.1, 0.15) is 29.4 Å². The molecule has 1 atom stereocenters. The normalized spacial score (nSPS) is 15.9. The minimum Gasteiger partial charge on any atom is -0.379 e. The molecule has 0 radical (unpaired) electrons. The maximum atomic E-state index is 13.8. The second-order valence-electron chi connectivity index (χ2n) is 7.60. The molecule has 31 heavy (non-hydrogen) atoms. The van der Waals surface area contributed by atoms with E-state index < -0.39 is 0 Å². The van der Waals surface area contributed by atoms with Crippen LogP contribution < -0.4 is 10.6 Å². The number of benzene rings is 1. The Hall–Kier alpha value is -1.72. The van der Waals surface area contributed by atoms with Gasteiger partial charge in [-0.05, 0) is 44.0 Å². The van der Waals surface area contributed by atoms with Crippen molar-refractivity contribution in [2.75, 3.05) is 46.4 Å². The highest BCUT2D eigenvalue weighted by Crippen LogP contribution is 2.22. The fourth-order valence-corrected chi connectivity index (χ4v) is 3.81. The molecule has 2 N–H and O–H groups in total. The van der Waals surface area contributed by atoms with Crippen LogP contribution in [0.2, 0.25) is 0 Å². The Labute approximate surface area is 201 Å². The van der Waals surface area contributed by atoms with E-state index in [1.54, 1.807) is 19.2 Å². The summed E-state index contributed by atoms with van der Waals surface area (Å²) in [5.41, 5.74) is 3.19. The van der Waals surface area contributed by atoms with Gasteiger partial charge in [-0.1, -0.05) is 12.1 Å². The van der Waals surface area contributed by atoms with Crippen molar-refractivity contribution in [3.8, 4) is 0 Å². The molecule has 1 fully saturated rings. The molecule has 1 aromatic carbocycles. The van der Waals surface area contributed by atoms with Crippen molar-refractivity contribution in [2.24, 2.45) is 4.99 Å². The molecule has 0 amide bonds. The molecule has 3 rings (SSSR count). The Kier molecular flexibility index (Phi) is 10.7. The molecule has 0 spiro atoms. The van der Waals surface area contributed by atoms with Gasteiger partial charge in [0.2, 0.25) is 0 Å². The molecule has 0 aliphatic carbocycles. The summed E-state index contributed by atoms with van der Waals surface area (Å²) in [5.74, 6) is 0.537. The number of morpholine rings is 1. The summed E-state index contributed by atoms with van der Waals surface area (Å²) in [7, 11) is 1.77. The van der Waals surface area contributed by atoms with E-state index in [1.807, 2.05) is 17.7 Å². The molecule has 2 heterocycles. The summed E-state index contributed by atoms with van der Waals surface area (Å²) in [6.07, 6.45) is 0.944. The monoisotopic (exact) mass is 544 g/mol. The van der Waals surface area contributed by atoms with E-state index in [-0.39, 0.29) is 35.8 Å². The Bertz CT molecular complexity index is 837. The minimum atomic E-state index is -0.211. The Morgan fingerprint density at radius 1 is 1.23 bits per heavy atom. The first-order valence-electron chi connectivity index (χ1n) is 10.6. The number of hydrogen-bond donors (Lipinski definition) is 2. The summed E-state index contributed by atoms with van der Waals surface area (Å²) in [4.78, 5) is 6.67. The molecule has 0 saturated carbocycles. The molecule has 7 nitrogen and oxygen atoms in total. The fraction of sp³-hybridized carbons (Fsp3) is 0.545. The van der Waals surface area contributed by atoms with Crippen LogP contribution in [-0.2, 0) is 11.3 Å². The first kappa shape index (κ1) is 25.5. The molecule has 1 unspecified atom stereocenters. The van der Waals surface area contributed by atoms with Gasteiger partial charge in [-0.25, -0.2) is 4.39 Å². The number of nitrogens with zero attached hydrogens (tertiary/aromatic N) is 4. The zero-order chi connectivity index (χ0) is 21.3. The SMILES string of the molecule is CN=C(NCCCn1nc(C)cc1C)NCC(c1cccc(F)c1)N1CCOCC1.I. The number of rotatable bonds is 8. The van der Waals surface area contributed by atoms with Crippen LogP contribution >= 0.6 is 24.0 Å². The number of aliphatic imine (C=N–C) groups is 1. The highest BCUT2D eigenvalue weighted by Gasteiger charge is 2.23. The van der Waals surface area contributed by atoms with Gasteiger partial charge in [-0.15, -0.1) is 24.0 Å². The third-order valence-corrected chi connectivity index (χ3v) is 5.35. The average molecular weight is 544 g/mol. The number of guanidine groups is 1. The van der Waals surface area contributed by atoms with Crippen LogP contribution in [0, 0.1) is 19.7 Å². The van der Waals surface area contributed by atoms with Crippen molar-refractivity contribution in [1.29, 1.82) is 0 Å². The number of aromatic nitrogens is 2. The summed E-state index contributed by atoms with van der Waals surface area (Å²) < 4.78 is 21.4. The first-order valence-corrected chi connectivity index (χ1v) is 10.6. The highest BCUT2D eigenvalue weighted by molar-refractivity contribution is 14.0. The largest absolute Gasteiger partial charge is 0.379 e. The molecule has 0 bridgehead atoms. The maximum Gasteiger partial charge on any atom is 0.191 e. The zero-order valence-corrected chi connectivity index (χ0v) is 20.9. The third-order valence-electron chi connectivity index (χ3n) is 5.35. The Morgan fingerprint density at radius 2 is 2.00 bits per heavy atom. The van der Waals surface area contributed by atoms with Crippen molar-refractivity contribution in [1.82, 2.24) is 25.3 Å². The average Bonchev–Trinajstić information content (AvgIpc) is 3.07. The number of aryl methyl sites for hydroxylation is 3. The lowest BCUT2D eigenvalue weighted by Crippen LogP contribution is -2.46. The molecule has 1 aromatic heterocycles. The molecule has 2 aromatic rings. The maximum absolute atomic E-state index is 13.8. The van der Waals surface area contributed by atoms with E-state index in [0.29, 0.717) is 19.8 Å². The molecule has 9 heteroatoms. The van der Waals surface area contributed by atoms with Gasteiger partial charge < -0.3 is 15.4 Å². The fourth-order valence-electron chi connectivity index (χ4n) is 3.81. The van der Waals surface area contributed by atoms with Gasteiger partial charge in [0.15, 0.2) is 5.96 Å². The molecular weight excluding hydrogens is 510 g/mol. The first-order chi connectivity index (χ1) is 14.6. The quantitative estimate of drug-likeness (QED) is 0.232. The molecule has 172 valence electrons. The van der Waals surface area contributed by atoms with Crippen molar-refractivity contribution in [2.45, 2.75) is 32.9 Å². The van der Waals surface area contributed by atoms with Crippen molar-refractivity contribution < 1.29 is 9.13 Å². The van der Waals surface area contributed by atoms with Crippen LogP contribution in [0.3, 0.4) is 0 Å². The van der Waals surface area contributed by atoms with E-state index in [1.165, 1.54) is 11.8 Å². The number of halogens is 2. The van der Waals surface area contributed by atoms with E-state index in [2.05, 4.69) is 38.6 Å². The highest BCUT2D eigenvalue weighted by atomic mass is 127.